The summed E-state index contributed by atoms with van der Waals surface area (Å²) in [6, 6.07) is 16.0. The maximum Gasteiger partial charge on any atom is 0.134 e. The Bertz CT molecular complexity index is 781. The molecule has 21 heavy (non-hydrogen) atoms. The molecule has 1 aliphatic rings. The fourth-order valence-electron chi connectivity index (χ4n) is 2.94. The molecule has 1 aromatic heterocycles. The van der Waals surface area contributed by atoms with Gasteiger partial charge in [0, 0.05) is 11.8 Å². The smallest absolute Gasteiger partial charge is 0.134 e. The van der Waals surface area contributed by atoms with Gasteiger partial charge in [0.2, 0.25) is 0 Å². The van der Waals surface area contributed by atoms with Crippen LogP contribution in [-0.4, -0.2) is 6.10 Å². The summed E-state index contributed by atoms with van der Waals surface area (Å²) in [5.41, 5.74) is 9.67. The molecular weight excluding hydrogens is 262 g/mol. The molecule has 0 bridgehead atoms. The summed E-state index contributed by atoms with van der Waals surface area (Å²) in [4.78, 5) is 0. The topological polar surface area (TPSA) is 48.4 Å². The van der Waals surface area contributed by atoms with Crippen LogP contribution in [0.4, 0.5) is 0 Å². The van der Waals surface area contributed by atoms with E-state index in [1.54, 1.807) is 0 Å². The third-order valence-corrected chi connectivity index (χ3v) is 4.09. The van der Waals surface area contributed by atoms with E-state index in [0.717, 1.165) is 28.9 Å². The van der Waals surface area contributed by atoms with Gasteiger partial charge in [0.1, 0.15) is 29.2 Å². The summed E-state index contributed by atoms with van der Waals surface area (Å²) in [5.74, 6) is 1.72. The van der Waals surface area contributed by atoms with Gasteiger partial charge >= 0.3 is 0 Å². The van der Waals surface area contributed by atoms with Crippen LogP contribution >= 0.6 is 0 Å². The number of rotatable bonds is 2. The highest BCUT2D eigenvalue weighted by atomic mass is 16.5. The highest BCUT2D eigenvalue weighted by Gasteiger charge is 2.30. The number of hydrogen-bond donors (Lipinski definition) is 1. The van der Waals surface area contributed by atoms with E-state index < -0.39 is 0 Å². The van der Waals surface area contributed by atoms with Gasteiger partial charge in [-0.2, -0.15) is 0 Å². The summed E-state index contributed by atoms with van der Waals surface area (Å²) >= 11 is 0. The first kappa shape index (κ1) is 12.5. The van der Waals surface area contributed by atoms with Gasteiger partial charge in [-0.25, -0.2) is 0 Å². The van der Waals surface area contributed by atoms with Crippen molar-refractivity contribution in [1.29, 1.82) is 0 Å². The number of aryl methyl sites for hydroxylation is 1. The number of fused-ring (bicyclic) bond motifs is 2. The highest BCUT2D eigenvalue weighted by Crippen LogP contribution is 2.34. The number of furan rings is 1. The van der Waals surface area contributed by atoms with Crippen molar-refractivity contribution in [2.45, 2.75) is 25.5 Å². The summed E-state index contributed by atoms with van der Waals surface area (Å²) in [5, 5.41) is 1.09. The average Bonchev–Trinajstić information content (AvgIpc) is 3.09. The minimum Gasteiger partial charge on any atom is -0.488 e. The quantitative estimate of drug-likeness (QED) is 0.777. The third-order valence-electron chi connectivity index (χ3n) is 4.09. The predicted molar refractivity (Wildman–Crippen MR) is 82.4 cm³/mol. The van der Waals surface area contributed by atoms with Crippen molar-refractivity contribution in [1.82, 2.24) is 0 Å². The van der Waals surface area contributed by atoms with Crippen molar-refractivity contribution in [2.75, 3.05) is 0 Å². The predicted octanol–water partition coefficient (Wildman–Crippen LogP) is 3.74. The van der Waals surface area contributed by atoms with Gasteiger partial charge in [0.25, 0.3) is 0 Å². The number of hydrogen-bond acceptors (Lipinski definition) is 3. The second kappa shape index (κ2) is 4.64. The first-order valence-corrected chi connectivity index (χ1v) is 7.21. The molecule has 2 atom stereocenters. The van der Waals surface area contributed by atoms with Crippen molar-refractivity contribution >= 4 is 11.0 Å². The molecule has 0 spiro atoms. The Balaban J connectivity index is 1.64. The number of nitrogens with two attached hydrogens (primary N) is 1. The zero-order chi connectivity index (χ0) is 14.4. The fraction of sp³-hybridized carbons (Fsp3) is 0.222. The number of benzene rings is 2. The minimum absolute atomic E-state index is 0.0657. The van der Waals surface area contributed by atoms with E-state index >= 15 is 0 Å². The molecule has 0 radical (unpaired) electrons. The van der Waals surface area contributed by atoms with Crippen LogP contribution in [0, 0.1) is 6.92 Å². The van der Waals surface area contributed by atoms with E-state index in [1.807, 2.05) is 36.4 Å². The van der Waals surface area contributed by atoms with E-state index in [9.17, 15) is 0 Å². The Morgan fingerprint density at radius 2 is 2.00 bits per heavy atom. The molecule has 2 aromatic carbocycles. The van der Waals surface area contributed by atoms with Crippen LogP contribution in [-0.2, 0) is 6.42 Å². The molecule has 0 fully saturated rings. The minimum atomic E-state index is -0.259. The Kier molecular flexibility index (Phi) is 2.76. The first-order valence-electron chi connectivity index (χ1n) is 7.21. The van der Waals surface area contributed by atoms with Crippen molar-refractivity contribution in [2.24, 2.45) is 5.73 Å². The summed E-state index contributed by atoms with van der Waals surface area (Å²) in [7, 11) is 0. The van der Waals surface area contributed by atoms with Gasteiger partial charge in [0.15, 0.2) is 0 Å². The second-order valence-electron chi connectivity index (χ2n) is 5.68. The molecule has 0 saturated carbocycles. The van der Waals surface area contributed by atoms with E-state index in [-0.39, 0.29) is 12.1 Å². The molecule has 3 aromatic rings. The van der Waals surface area contributed by atoms with E-state index in [2.05, 4.69) is 19.1 Å². The average molecular weight is 279 g/mol. The monoisotopic (exact) mass is 279 g/mol. The molecule has 0 saturated heterocycles. The molecule has 3 heteroatoms. The Morgan fingerprint density at radius 3 is 2.86 bits per heavy atom. The first-order chi connectivity index (χ1) is 10.2. The van der Waals surface area contributed by atoms with Gasteiger partial charge in [-0.1, -0.05) is 29.8 Å². The molecule has 2 N–H and O–H groups in total. The molecule has 2 unspecified atom stereocenters. The van der Waals surface area contributed by atoms with Crippen LogP contribution in [0.2, 0.25) is 0 Å². The molecule has 0 amide bonds. The Hall–Kier alpha value is -2.26. The zero-order valence-corrected chi connectivity index (χ0v) is 11.9. The number of para-hydroxylation sites is 1. The van der Waals surface area contributed by atoms with Gasteiger partial charge in [0.05, 0.1) is 0 Å². The molecule has 3 nitrogen and oxygen atoms in total. The van der Waals surface area contributed by atoms with Crippen LogP contribution in [0.3, 0.4) is 0 Å². The number of ether oxygens (including phenoxy) is 1. The standard InChI is InChI=1S/C18H17NO2/c1-11-6-7-15-13(8-11)10-17(21-15)18(19)16-9-12-4-2-3-5-14(12)20-16/h2-8,10,16,18H,9,19H2,1H3. The van der Waals surface area contributed by atoms with E-state index in [1.165, 1.54) is 11.1 Å². The van der Waals surface area contributed by atoms with Crippen LogP contribution in [0.15, 0.2) is 52.9 Å². The largest absolute Gasteiger partial charge is 0.488 e. The lowest BCUT2D eigenvalue weighted by molar-refractivity contribution is 0.188. The fourth-order valence-corrected chi connectivity index (χ4v) is 2.94. The molecule has 2 heterocycles. The Labute approximate surface area is 123 Å². The lowest BCUT2D eigenvalue weighted by Crippen LogP contribution is -2.29. The van der Waals surface area contributed by atoms with Gasteiger partial charge in [-0.3, -0.25) is 0 Å². The second-order valence-corrected chi connectivity index (χ2v) is 5.68. The summed E-state index contributed by atoms with van der Waals surface area (Å²) < 4.78 is 11.8. The molecule has 106 valence electrons. The summed E-state index contributed by atoms with van der Waals surface area (Å²) in [6.45, 7) is 2.07. The maximum absolute atomic E-state index is 6.36. The maximum atomic E-state index is 6.36. The molecule has 4 rings (SSSR count). The van der Waals surface area contributed by atoms with Gasteiger partial charge in [-0.05, 0) is 36.8 Å². The van der Waals surface area contributed by atoms with E-state index in [0.29, 0.717) is 0 Å². The lowest BCUT2D eigenvalue weighted by Gasteiger charge is -2.16. The van der Waals surface area contributed by atoms with Crippen LogP contribution in [0.1, 0.15) is 22.9 Å². The SMILES string of the molecule is Cc1ccc2oc(C(N)C3Cc4ccccc4O3)cc2c1. The van der Waals surface area contributed by atoms with Gasteiger partial charge in [-0.15, -0.1) is 0 Å². The third kappa shape index (κ3) is 2.10. The Morgan fingerprint density at radius 1 is 1.14 bits per heavy atom. The molecular formula is C18H17NO2. The van der Waals surface area contributed by atoms with Crippen molar-refractivity contribution in [3.8, 4) is 5.75 Å². The normalized spacial score (nSPS) is 18.5. The lowest BCUT2D eigenvalue weighted by atomic mass is 10.0. The van der Waals surface area contributed by atoms with Gasteiger partial charge < -0.3 is 14.9 Å². The highest BCUT2D eigenvalue weighted by molar-refractivity contribution is 5.78. The molecule has 1 aliphatic heterocycles. The van der Waals surface area contributed by atoms with Crippen molar-refractivity contribution < 1.29 is 9.15 Å². The van der Waals surface area contributed by atoms with Crippen LogP contribution in [0.5, 0.6) is 5.75 Å². The van der Waals surface area contributed by atoms with E-state index in [4.69, 9.17) is 14.9 Å². The van der Waals surface area contributed by atoms with Crippen molar-refractivity contribution in [3.05, 3.63) is 65.4 Å². The van der Waals surface area contributed by atoms with Crippen LogP contribution in [0.25, 0.3) is 11.0 Å². The van der Waals surface area contributed by atoms with Crippen LogP contribution < -0.4 is 10.5 Å². The zero-order valence-electron chi connectivity index (χ0n) is 11.9. The van der Waals surface area contributed by atoms with Crippen molar-refractivity contribution in [3.63, 3.8) is 0 Å². The molecule has 0 aliphatic carbocycles. The summed E-state index contributed by atoms with van der Waals surface area (Å²) in [6.07, 6.45) is 0.761.